The molecule has 0 saturated carbocycles. The van der Waals surface area contributed by atoms with E-state index >= 15 is 0 Å². The molecule has 27 heavy (non-hydrogen) atoms. The lowest BCUT2D eigenvalue weighted by Gasteiger charge is -2.34. The van der Waals surface area contributed by atoms with E-state index in [4.69, 9.17) is 4.74 Å². The van der Waals surface area contributed by atoms with Crippen molar-refractivity contribution >= 4 is 5.91 Å². The first-order valence-corrected chi connectivity index (χ1v) is 9.78. The van der Waals surface area contributed by atoms with Crippen LogP contribution in [0, 0.1) is 0 Å². The van der Waals surface area contributed by atoms with Gasteiger partial charge in [0.15, 0.2) is 0 Å². The molecule has 144 valence electrons. The summed E-state index contributed by atoms with van der Waals surface area (Å²) in [6.45, 7) is 3.52. The normalized spacial score (nSPS) is 21.8. The molecule has 2 saturated heterocycles. The van der Waals surface area contributed by atoms with Gasteiger partial charge < -0.3 is 9.64 Å². The minimum atomic E-state index is 0.0538. The average Bonchev–Trinajstić information content (AvgIpc) is 3.29. The van der Waals surface area contributed by atoms with Crippen LogP contribution >= 0.6 is 0 Å². The zero-order valence-corrected chi connectivity index (χ0v) is 16.2. The molecule has 1 aromatic heterocycles. The molecule has 2 aromatic rings. The standard InChI is InChI=1S/C21H28N4O2/c1-23-15-18(13-22-23)17-7-10-24(11-8-17)20-9-12-25(21(20)26)14-16-3-5-19(27-2)6-4-16/h3-6,13,15,17,20H,7-12,14H2,1-2H3. The molecule has 3 heterocycles. The summed E-state index contributed by atoms with van der Waals surface area (Å²) in [4.78, 5) is 17.3. The van der Waals surface area contributed by atoms with Crippen molar-refractivity contribution in [2.75, 3.05) is 26.7 Å². The molecule has 0 N–H and O–H groups in total. The summed E-state index contributed by atoms with van der Waals surface area (Å²) in [5, 5.41) is 4.30. The second kappa shape index (κ2) is 7.72. The highest BCUT2D eigenvalue weighted by Crippen LogP contribution is 2.30. The number of aromatic nitrogens is 2. The Balaban J connectivity index is 1.32. The third-order valence-electron chi connectivity index (χ3n) is 5.97. The topological polar surface area (TPSA) is 50.6 Å². The van der Waals surface area contributed by atoms with Gasteiger partial charge in [-0.3, -0.25) is 14.4 Å². The number of rotatable bonds is 5. The maximum atomic E-state index is 12.9. The zero-order valence-electron chi connectivity index (χ0n) is 16.2. The molecule has 0 bridgehead atoms. The van der Waals surface area contributed by atoms with Crippen LogP contribution < -0.4 is 4.74 Å². The number of hydrogen-bond donors (Lipinski definition) is 0. The highest BCUT2D eigenvalue weighted by Gasteiger charge is 2.37. The van der Waals surface area contributed by atoms with E-state index in [0.29, 0.717) is 12.5 Å². The van der Waals surface area contributed by atoms with Crippen LogP contribution in [0.1, 0.15) is 36.3 Å². The van der Waals surface area contributed by atoms with Crippen LogP contribution in [-0.2, 0) is 18.4 Å². The van der Waals surface area contributed by atoms with E-state index in [2.05, 4.69) is 16.2 Å². The van der Waals surface area contributed by atoms with Gasteiger partial charge in [0, 0.05) is 26.3 Å². The lowest BCUT2D eigenvalue weighted by molar-refractivity contribution is -0.133. The third-order valence-corrected chi connectivity index (χ3v) is 5.97. The van der Waals surface area contributed by atoms with Crippen molar-refractivity contribution in [2.45, 2.75) is 37.8 Å². The van der Waals surface area contributed by atoms with Gasteiger partial charge in [0.1, 0.15) is 5.75 Å². The molecule has 0 spiro atoms. The molecular weight excluding hydrogens is 340 g/mol. The third kappa shape index (κ3) is 3.86. The first kappa shape index (κ1) is 18.0. The molecular formula is C21H28N4O2. The van der Waals surface area contributed by atoms with Crippen LogP contribution in [0.15, 0.2) is 36.7 Å². The van der Waals surface area contributed by atoms with Crippen LogP contribution in [0.3, 0.4) is 0 Å². The molecule has 2 aliphatic rings. The van der Waals surface area contributed by atoms with Crippen LogP contribution in [0.25, 0.3) is 0 Å². The average molecular weight is 368 g/mol. The van der Waals surface area contributed by atoms with Gasteiger partial charge in [0.05, 0.1) is 19.3 Å². The summed E-state index contributed by atoms with van der Waals surface area (Å²) in [6, 6.07) is 8.04. The Bertz CT molecular complexity index is 778. The highest BCUT2D eigenvalue weighted by molar-refractivity contribution is 5.84. The van der Waals surface area contributed by atoms with E-state index in [1.54, 1.807) is 7.11 Å². The van der Waals surface area contributed by atoms with E-state index in [9.17, 15) is 4.79 Å². The lowest BCUT2D eigenvalue weighted by atomic mass is 9.91. The number of likely N-dealkylation sites (tertiary alicyclic amines) is 2. The maximum Gasteiger partial charge on any atom is 0.240 e. The predicted molar refractivity (Wildman–Crippen MR) is 104 cm³/mol. The fourth-order valence-corrected chi connectivity index (χ4v) is 4.37. The number of amides is 1. The predicted octanol–water partition coefficient (Wildman–Crippen LogP) is 2.41. The van der Waals surface area contributed by atoms with Crippen molar-refractivity contribution in [3.05, 3.63) is 47.8 Å². The van der Waals surface area contributed by atoms with Crippen LogP contribution in [0.4, 0.5) is 0 Å². The van der Waals surface area contributed by atoms with Crippen molar-refractivity contribution in [1.82, 2.24) is 19.6 Å². The molecule has 6 nitrogen and oxygen atoms in total. The summed E-state index contributed by atoms with van der Waals surface area (Å²) in [6.07, 6.45) is 7.25. The van der Waals surface area contributed by atoms with Crippen LogP contribution in [0.5, 0.6) is 5.75 Å². The van der Waals surface area contributed by atoms with E-state index in [1.165, 1.54) is 5.56 Å². The zero-order chi connectivity index (χ0) is 18.8. The highest BCUT2D eigenvalue weighted by atomic mass is 16.5. The molecule has 6 heteroatoms. The van der Waals surface area contributed by atoms with E-state index < -0.39 is 0 Å². The van der Waals surface area contributed by atoms with E-state index in [0.717, 1.165) is 50.2 Å². The number of benzene rings is 1. The number of hydrogen-bond acceptors (Lipinski definition) is 4. The maximum absolute atomic E-state index is 12.9. The Hall–Kier alpha value is -2.34. The number of methoxy groups -OCH3 is 1. The fourth-order valence-electron chi connectivity index (χ4n) is 4.37. The number of nitrogens with zero attached hydrogens (tertiary/aromatic N) is 4. The van der Waals surface area contributed by atoms with Crippen molar-refractivity contribution in [2.24, 2.45) is 7.05 Å². The Morgan fingerprint density at radius 3 is 2.48 bits per heavy atom. The summed E-state index contributed by atoms with van der Waals surface area (Å²) in [5.74, 6) is 1.70. The number of ether oxygens (including phenoxy) is 1. The van der Waals surface area contributed by atoms with Gasteiger partial charge in [0.25, 0.3) is 0 Å². The van der Waals surface area contributed by atoms with Gasteiger partial charge in [-0.1, -0.05) is 12.1 Å². The Morgan fingerprint density at radius 2 is 1.85 bits per heavy atom. The van der Waals surface area contributed by atoms with E-state index in [-0.39, 0.29) is 11.9 Å². The number of carbonyl (C=O) groups excluding carboxylic acids is 1. The molecule has 2 fully saturated rings. The molecule has 1 amide bonds. The lowest BCUT2D eigenvalue weighted by Crippen LogP contribution is -2.45. The first-order valence-electron chi connectivity index (χ1n) is 9.78. The minimum absolute atomic E-state index is 0.0538. The van der Waals surface area contributed by atoms with Crippen LogP contribution in [0.2, 0.25) is 0 Å². The molecule has 1 unspecified atom stereocenters. The minimum Gasteiger partial charge on any atom is -0.497 e. The molecule has 1 atom stereocenters. The van der Waals surface area contributed by atoms with Gasteiger partial charge in [-0.25, -0.2) is 0 Å². The molecule has 0 aliphatic carbocycles. The van der Waals surface area contributed by atoms with Crippen molar-refractivity contribution < 1.29 is 9.53 Å². The van der Waals surface area contributed by atoms with Crippen molar-refractivity contribution in [1.29, 1.82) is 0 Å². The number of carbonyl (C=O) groups is 1. The Morgan fingerprint density at radius 1 is 1.11 bits per heavy atom. The monoisotopic (exact) mass is 368 g/mol. The second-order valence-corrected chi connectivity index (χ2v) is 7.67. The van der Waals surface area contributed by atoms with E-state index in [1.807, 2.05) is 47.1 Å². The van der Waals surface area contributed by atoms with Gasteiger partial charge >= 0.3 is 0 Å². The quantitative estimate of drug-likeness (QED) is 0.813. The molecule has 4 rings (SSSR count). The smallest absolute Gasteiger partial charge is 0.240 e. The second-order valence-electron chi connectivity index (χ2n) is 7.67. The summed E-state index contributed by atoms with van der Waals surface area (Å²) < 4.78 is 7.08. The van der Waals surface area contributed by atoms with Gasteiger partial charge in [-0.15, -0.1) is 0 Å². The summed E-state index contributed by atoms with van der Waals surface area (Å²) in [5.41, 5.74) is 2.48. The fraction of sp³-hybridized carbons (Fsp3) is 0.524. The van der Waals surface area contributed by atoms with Crippen molar-refractivity contribution in [3.8, 4) is 5.75 Å². The first-order chi connectivity index (χ1) is 13.1. The SMILES string of the molecule is COc1ccc(CN2CCC(N3CCC(c4cnn(C)c4)CC3)C2=O)cc1. The Kier molecular flexibility index (Phi) is 5.16. The van der Waals surface area contributed by atoms with Gasteiger partial charge in [-0.2, -0.15) is 5.10 Å². The summed E-state index contributed by atoms with van der Waals surface area (Å²) in [7, 11) is 3.63. The van der Waals surface area contributed by atoms with Gasteiger partial charge in [0.2, 0.25) is 5.91 Å². The number of piperidine rings is 1. The molecule has 2 aliphatic heterocycles. The van der Waals surface area contributed by atoms with Crippen molar-refractivity contribution in [3.63, 3.8) is 0 Å². The largest absolute Gasteiger partial charge is 0.497 e. The molecule has 0 radical (unpaired) electrons. The molecule has 1 aromatic carbocycles. The van der Waals surface area contributed by atoms with Gasteiger partial charge in [-0.05, 0) is 61.5 Å². The Labute approximate surface area is 160 Å². The number of aryl methyl sites for hydroxylation is 1. The summed E-state index contributed by atoms with van der Waals surface area (Å²) >= 11 is 0. The van der Waals surface area contributed by atoms with Crippen LogP contribution in [-0.4, -0.2) is 58.3 Å².